The van der Waals surface area contributed by atoms with Gasteiger partial charge in [0.05, 0.1) is 24.7 Å². The molecule has 3 aromatic carbocycles. The van der Waals surface area contributed by atoms with E-state index in [1.165, 1.54) is 18.2 Å². The number of benzene rings is 3. The third-order valence-electron chi connectivity index (χ3n) is 4.54. The van der Waals surface area contributed by atoms with E-state index in [-0.39, 0.29) is 17.3 Å². The molecule has 0 aliphatic carbocycles. The third-order valence-corrected chi connectivity index (χ3v) is 4.54. The van der Waals surface area contributed by atoms with Crippen molar-refractivity contribution in [3.8, 4) is 24.2 Å². The highest BCUT2D eigenvalue weighted by Gasteiger charge is 2.22. The van der Waals surface area contributed by atoms with E-state index in [0.717, 1.165) is 16.3 Å². The van der Waals surface area contributed by atoms with Gasteiger partial charge in [0.15, 0.2) is 6.29 Å². The molecular formula is C24H16F2O2. The first-order chi connectivity index (χ1) is 13.6. The monoisotopic (exact) mass is 374 g/mol. The van der Waals surface area contributed by atoms with Crippen LogP contribution in [0.5, 0.6) is 0 Å². The van der Waals surface area contributed by atoms with Gasteiger partial charge in [-0.15, -0.1) is 6.42 Å². The Morgan fingerprint density at radius 3 is 2.36 bits per heavy atom. The summed E-state index contributed by atoms with van der Waals surface area (Å²) < 4.78 is 38.8. The second-order valence-corrected chi connectivity index (χ2v) is 6.56. The van der Waals surface area contributed by atoms with E-state index in [2.05, 4.69) is 17.8 Å². The molecule has 0 unspecified atom stereocenters. The van der Waals surface area contributed by atoms with E-state index >= 15 is 0 Å². The largest absolute Gasteiger partial charge is 0.347 e. The van der Waals surface area contributed by atoms with E-state index in [9.17, 15) is 8.78 Å². The molecule has 28 heavy (non-hydrogen) atoms. The Labute approximate surface area is 162 Å². The molecule has 0 amide bonds. The van der Waals surface area contributed by atoms with Gasteiger partial charge in [-0.2, -0.15) is 0 Å². The lowest BCUT2D eigenvalue weighted by molar-refractivity contribution is -0.196. The van der Waals surface area contributed by atoms with Crippen molar-refractivity contribution < 1.29 is 18.3 Å². The molecule has 1 heterocycles. The van der Waals surface area contributed by atoms with Gasteiger partial charge in [-0.05, 0) is 47.2 Å². The number of rotatable bonds is 1. The second kappa shape index (κ2) is 7.82. The Morgan fingerprint density at radius 1 is 0.857 bits per heavy atom. The lowest BCUT2D eigenvalue weighted by atomic mass is 10.1. The number of fused-ring (bicyclic) bond motifs is 1. The SMILES string of the molecule is C#CC1COC(c2ccc(C#Cc3ccc4cc(F)ccc4c3)c(F)c2)OC1. The first-order valence-electron chi connectivity index (χ1n) is 8.82. The maximum absolute atomic E-state index is 14.5. The fourth-order valence-corrected chi connectivity index (χ4v) is 3.01. The van der Waals surface area contributed by atoms with Crippen LogP contribution in [0.1, 0.15) is 23.0 Å². The summed E-state index contributed by atoms with van der Waals surface area (Å²) in [7, 11) is 0. The average molecular weight is 374 g/mol. The molecule has 0 spiro atoms. The van der Waals surface area contributed by atoms with E-state index in [1.54, 1.807) is 30.3 Å². The van der Waals surface area contributed by atoms with Crippen molar-refractivity contribution in [1.29, 1.82) is 0 Å². The van der Waals surface area contributed by atoms with Gasteiger partial charge in [-0.25, -0.2) is 8.78 Å². The number of hydrogen-bond acceptors (Lipinski definition) is 2. The van der Waals surface area contributed by atoms with Gasteiger partial charge in [-0.3, -0.25) is 0 Å². The minimum absolute atomic E-state index is 0.0790. The Bertz CT molecular complexity index is 1130. The Morgan fingerprint density at radius 2 is 1.61 bits per heavy atom. The first kappa shape index (κ1) is 18.2. The molecule has 138 valence electrons. The van der Waals surface area contributed by atoms with Crippen LogP contribution in [0.4, 0.5) is 8.78 Å². The minimum Gasteiger partial charge on any atom is -0.347 e. The molecule has 1 aliphatic heterocycles. The van der Waals surface area contributed by atoms with Crippen molar-refractivity contribution in [1.82, 2.24) is 0 Å². The Hall–Kier alpha value is -3.18. The maximum Gasteiger partial charge on any atom is 0.184 e. The normalized spacial score (nSPS) is 18.9. The number of hydrogen-bond donors (Lipinski definition) is 0. The number of halogens is 2. The molecule has 1 fully saturated rings. The highest BCUT2D eigenvalue weighted by Crippen LogP contribution is 2.26. The fourth-order valence-electron chi connectivity index (χ4n) is 3.01. The van der Waals surface area contributed by atoms with E-state index in [1.807, 2.05) is 6.07 Å². The zero-order chi connectivity index (χ0) is 19.5. The van der Waals surface area contributed by atoms with Gasteiger partial charge in [-0.1, -0.05) is 36.0 Å². The van der Waals surface area contributed by atoms with Crippen LogP contribution in [0.15, 0.2) is 54.6 Å². The standard InChI is InChI=1S/C24H16F2O2/c1-2-16-14-27-24(28-15-16)21-8-7-18(23(26)13-21)5-3-17-4-6-20-12-22(25)10-9-19(20)11-17/h1,4,6-13,16,24H,14-15H2. The summed E-state index contributed by atoms with van der Waals surface area (Å²) in [5.74, 6) is 7.57. The van der Waals surface area contributed by atoms with Crippen molar-refractivity contribution in [2.24, 2.45) is 5.92 Å². The molecule has 0 N–H and O–H groups in total. The van der Waals surface area contributed by atoms with E-state index in [0.29, 0.717) is 18.8 Å². The van der Waals surface area contributed by atoms with Crippen molar-refractivity contribution in [2.75, 3.05) is 13.2 Å². The Kier molecular flexibility index (Phi) is 5.08. The summed E-state index contributed by atoms with van der Waals surface area (Å²) in [4.78, 5) is 0. The average Bonchev–Trinajstić information content (AvgIpc) is 2.73. The summed E-state index contributed by atoms with van der Waals surface area (Å²) in [6.45, 7) is 0.770. The quantitative estimate of drug-likeness (QED) is 0.569. The first-order valence-corrected chi connectivity index (χ1v) is 8.82. The van der Waals surface area contributed by atoms with Gasteiger partial charge >= 0.3 is 0 Å². The molecule has 0 atom stereocenters. The third kappa shape index (κ3) is 3.89. The molecular weight excluding hydrogens is 358 g/mol. The van der Waals surface area contributed by atoms with Crippen LogP contribution < -0.4 is 0 Å². The zero-order valence-corrected chi connectivity index (χ0v) is 14.9. The van der Waals surface area contributed by atoms with Gasteiger partial charge < -0.3 is 9.47 Å². The molecule has 0 bridgehead atoms. The molecule has 0 aromatic heterocycles. The van der Waals surface area contributed by atoms with Gasteiger partial charge in [0.25, 0.3) is 0 Å². The van der Waals surface area contributed by atoms with Crippen molar-refractivity contribution in [3.05, 3.63) is 82.9 Å². The smallest absolute Gasteiger partial charge is 0.184 e. The minimum atomic E-state index is -0.623. The maximum atomic E-state index is 14.5. The van der Waals surface area contributed by atoms with Crippen LogP contribution in [-0.2, 0) is 9.47 Å². The number of terminal acetylenes is 1. The molecule has 4 heteroatoms. The highest BCUT2D eigenvalue weighted by atomic mass is 19.1. The van der Waals surface area contributed by atoms with Crippen molar-refractivity contribution >= 4 is 10.8 Å². The molecule has 0 saturated carbocycles. The summed E-state index contributed by atoms with van der Waals surface area (Å²) in [5, 5.41) is 1.67. The van der Waals surface area contributed by atoms with Gasteiger partial charge in [0.2, 0.25) is 0 Å². The molecule has 0 radical (unpaired) electrons. The molecule has 4 rings (SSSR count). The summed E-state index contributed by atoms with van der Waals surface area (Å²) in [6.07, 6.45) is 4.72. The van der Waals surface area contributed by atoms with Crippen LogP contribution in [0.3, 0.4) is 0 Å². The van der Waals surface area contributed by atoms with Crippen LogP contribution in [-0.4, -0.2) is 13.2 Å². The summed E-state index contributed by atoms with van der Waals surface area (Å²) >= 11 is 0. The van der Waals surface area contributed by atoms with Crippen LogP contribution in [0.25, 0.3) is 10.8 Å². The summed E-state index contributed by atoms with van der Waals surface area (Å²) in [6, 6.07) is 14.7. The van der Waals surface area contributed by atoms with Crippen LogP contribution in [0, 0.1) is 41.7 Å². The van der Waals surface area contributed by atoms with E-state index in [4.69, 9.17) is 15.9 Å². The lowest BCUT2D eigenvalue weighted by Gasteiger charge is -2.27. The number of ether oxygens (including phenoxy) is 2. The molecule has 2 nitrogen and oxygen atoms in total. The van der Waals surface area contributed by atoms with Crippen molar-refractivity contribution in [2.45, 2.75) is 6.29 Å². The predicted octanol–water partition coefficient (Wildman–Crippen LogP) is 4.81. The molecule has 1 saturated heterocycles. The van der Waals surface area contributed by atoms with Crippen LogP contribution >= 0.6 is 0 Å². The highest BCUT2D eigenvalue weighted by molar-refractivity contribution is 5.83. The molecule has 1 aliphatic rings. The fraction of sp³-hybridized carbons (Fsp3) is 0.167. The van der Waals surface area contributed by atoms with E-state index < -0.39 is 12.1 Å². The van der Waals surface area contributed by atoms with Crippen molar-refractivity contribution in [3.63, 3.8) is 0 Å². The zero-order valence-electron chi connectivity index (χ0n) is 14.9. The van der Waals surface area contributed by atoms with Crippen LogP contribution in [0.2, 0.25) is 0 Å². The van der Waals surface area contributed by atoms with Gasteiger partial charge in [0.1, 0.15) is 11.6 Å². The Balaban J connectivity index is 1.53. The summed E-state index contributed by atoms with van der Waals surface area (Å²) in [5.41, 5.74) is 1.59. The van der Waals surface area contributed by atoms with Gasteiger partial charge in [0, 0.05) is 11.1 Å². The second-order valence-electron chi connectivity index (χ2n) is 6.56. The predicted molar refractivity (Wildman–Crippen MR) is 103 cm³/mol. The topological polar surface area (TPSA) is 18.5 Å². The molecule has 3 aromatic rings. The lowest BCUT2D eigenvalue weighted by Crippen LogP contribution is -2.26.